The fraction of sp³-hybridized carbons (Fsp3) is 0.500. The van der Waals surface area contributed by atoms with Gasteiger partial charge in [-0.1, -0.05) is 17.7 Å². The second-order valence-corrected chi connectivity index (χ2v) is 6.35. The molecule has 0 aromatic heterocycles. The second-order valence-electron chi connectivity index (χ2n) is 6.35. The molecular weight excluding hydrogens is 294 g/mol. The predicted octanol–water partition coefficient (Wildman–Crippen LogP) is 2.64. The zero-order valence-corrected chi connectivity index (χ0v) is 13.6. The van der Waals surface area contributed by atoms with Gasteiger partial charge in [-0.2, -0.15) is 0 Å². The summed E-state index contributed by atoms with van der Waals surface area (Å²) in [7, 11) is 0. The first-order chi connectivity index (χ1) is 10.9. The molecule has 0 bridgehead atoms. The maximum Gasteiger partial charge on any atom is 0.306 e. The topological polar surface area (TPSA) is 83.5 Å². The molecule has 1 fully saturated rings. The highest BCUT2D eigenvalue weighted by Gasteiger charge is 2.30. The van der Waals surface area contributed by atoms with Crippen molar-refractivity contribution in [3.05, 3.63) is 34.9 Å². The second kappa shape index (κ2) is 7.40. The summed E-state index contributed by atoms with van der Waals surface area (Å²) < 4.78 is 0. The van der Waals surface area contributed by atoms with Crippen LogP contribution in [0.15, 0.2) is 18.2 Å². The Bertz CT molecular complexity index is 623. The van der Waals surface area contributed by atoms with E-state index in [1.54, 1.807) is 0 Å². The van der Waals surface area contributed by atoms with Crippen LogP contribution in [0.5, 0.6) is 0 Å². The molecule has 1 aliphatic rings. The van der Waals surface area contributed by atoms with Gasteiger partial charge >= 0.3 is 5.97 Å². The van der Waals surface area contributed by atoms with Crippen molar-refractivity contribution < 1.29 is 19.5 Å². The molecule has 5 heteroatoms. The summed E-state index contributed by atoms with van der Waals surface area (Å²) in [6, 6.07) is 5.63. The lowest BCUT2D eigenvalue weighted by Gasteiger charge is -2.12. The number of amides is 1. The smallest absolute Gasteiger partial charge is 0.306 e. The first kappa shape index (κ1) is 17.2. The van der Waals surface area contributed by atoms with E-state index in [2.05, 4.69) is 5.32 Å². The molecule has 1 saturated carbocycles. The Hall–Kier alpha value is -2.17. The number of carboxylic acid groups (broad SMARTS) is 1. The highest BCUT2D eigenvalue weighted by molar-refractivity contribution is 5.99. The average Bonchev–Trinajstić information content (AvgIpc) is 2.96. The van der Waals surface area contributed by atoms with E-state index in [0.29, 0.717) is 24.8 Å². The molecule has 0 unspecified atom stereocenters. The average molecular weight is 317 g/mol. The quantitative estimate of drug-likeness (QED) is 0.790. The number of aliphatic carboxylic acids is 1. The molecular formula is C18H23NO4. The van der Waals surface area contributed by atoms with E-state index in [9.17, 15) is 14.4 Å². The van der Waals surface area contributed by atoms with E-state index in [4.69, 9.17) is 5.11 Å². The van der Waals surface area contributed by atoms with Crippen molar-refractivity contribution in [3.8, 4) is 0 Å². The minimum atomic E-state index is -0.799. The molecule has 1 aromatic carbocycles. The maximum absolute atomic E-state index is 12.2. The standard InChI is InChI=1S/C18H23NO4/c1-11-3-4-12(2)15(9-11)16(20)7-8-17(21)19-14-6-5-13(10-14)18(22)23/h3-4,9,13-14H,5-8,10H2,1-2H3,(H,19,21)(H,22,23)/t13-,14+/m1/s1. The van der Waals surface area contributed by atoms with E-state index in [1.807, 2.05) is 32.0 Å². The van der Waals surface area contributed by atoms with Crippen molar-refractivity contribution in [3.63, 3.8) is 0 Å². The molecule has 0 spiro atoms. The summed E-state index contributed by atoms with van der Waals surface area (Å²) >= 11 is 0. The van der Waals surface area contributed by atoms with E-state index >= 15 is 0 Å². The van der Waals surface area contributed by atoms with Gasteiger partial charge in [0, 0.05) is 24.4 Å². The molecule has 124 valence electrons. The van der Waals surface area contributed by atoms with E-state index < -0.39 is 5.97 Å². The van der Waals surface area contributed by atoms with Gasteiger partial charge in [-0.25, -0.2) is 0 Å². The van der Waals surface area contributed by atoms with Crippen LogP contribution in [0.3, 0.4) is 0 Å². The van der Waals surface area contributed by atoms with E-state index in [-0.39, 0.29) is 36.5 Å². The normalized spacial score (nSPS) is 20.3. The lowest BCUT2D eigenvalue weighted by atomic mass is 9.99. The zero-order valence-electron chi connectivity index (χ0n) is 13.6. The molecule has 0 heterocycles. The highest BCUT2D eigenvalue weighted by Crippen LogP contribution is 2.25. The Morgan fingerprint density at radius 2 is 1.91 bits per heavy atom. The van der Waals surface area contributed by atoms with E-state index in [1.165, 1.54) is 0 Å². The molecule has 5 nitrogen and oxygen atoms in total. The number of ketones is 1. The van der Waals surface area contributed by atoms with Crippen LogP contribution >= 0.6 is 0 Å². The third-order valence-corrected chi connectivity index (χ3v) is 4.42. The van der Waals surface area contributed by atoms with Gasteiger partial charge in [0.05, 0.1) is 5.92 Å². The van der Waals surface area contributed by atoms with Gasteiger partial charge in [-0.15, -0.1) is 0 Å². The number of aryl methyl sites for hydroxylation is 2. The maximum atomic E-state index is 12.2. The number of rotatable bonds is 6. The SMILES string of the molecule is Cc1ccc(C)c(C(=O)CCC(=O)N[C@H]2CC[C@@H](C(=O)O)C2)c1. The Morgan fingerprint density at radius 3 is 2.57 bits per heavy atom. The lowest BCUT2D eigenvalue weighted by Crippen LogP contribution is -2.33. The number of nitrogens with one attached hydrogen (secondary N) is 1. The molecule has 2 rings (SSSR count). The highest BCUT2D eigenvalue weighted by atomic mass is 16.4. The summed E-state index contributed by atoms with van der Waals surface area (Å²) in [5.41, 5.74) is 2.61. The number of carbonyl (C=O) groups is 3. The monoisotopic (exact) mass is 317 g/mol. The summed E-state index contributed by atoms with van der Waals surface area (Å²) in [4.78, 5) is 35.1. The van der Waals surface area contributed by atoms with Crippen LogP contribution in [-0.2, 0) is 9.59 Å². The molecule has 0 radical (unpaired) electrons. The first-order valence-electron chi connectivity index (χ1n) is 7.99. The number of hydrogen-bond acceptors (Lipinski definition) is 3. The molecule has 0 saturated heterocycles. The molecule has 1 amide bonds. The minimum absolute atomic E-state index is 0.0313. The predicted molar refractivity (Wildman–Crippen MR) is 86.4 cm³/mol. The number of carbonyl (C=O) groups excluding carboxylic acids is 2. The fourth-order valence-corrected chi connectivity index (χ4v) is 3.03. The van der Waals surface area contributed by atoms with Crippen LogP contribution < -0.4 is 5.32 Å². The number of hydrogen-bond donors (Lipinski definition) is 2. The van der Waals surface area contributed by atoms with Crippen LogP contribution in [0.2, 0.25) is 0 Å². The summed E-state index contributed by atoms with van der Waals surface area (Å²) in [6.45, 7) is 3.82. The van der Waals surface area contributed by atoms with Gasteiger partial charge in [0.1, 0.15) is 0 Å². The van der Waals surface area contributed by atoms with Gasteiger partial charge in [0.25, 0.3) is 0 Å². The Labute approximate surface area is 136 Å². The molecule has 2 atom stereocenters. The van der Waals surface area contributed by atoms with E-state index in [0.717, 1.165) is 11.1 Å². The van der Waals surface area contributed by atoms with Crippen LogP contribution in [-0.4, -0.2) is 28.8 Å². The van der Waals surface area contributed by atoms with Crippen molar-refractivity contribution in [2.75, 3.05) is 0 Å². The van der Waals surface area contributed by atoms with Crippen LogP contribution in [0.4, 0.5) is 0 Å². The van der Waals surface area contributed by atoms with Crippen molar-refractivity contribution in [2.45, 2.75) is 52.0 Å². The van der Waals surface area contributed by atoms with Crippen LogP contribution in [0, 0.1) is 19.8 Å². The van der Waals surface area contributed by atoms with Crippen molar-refractivity contribution >= 4 is 17.7 Å². The van der Waals surface area contributed by atoms with Gasteiger partial charge < -0.3 is 10.4 Å². The van der Waals surface area contributed by atoms with Gasteiger partial charge in [-0.05, 0) is 44.7 Å². The Balaban J connectivity index is 1.81. The third kappa shape index (κ3) is 4.65. The molecule has 1 aliphatic carbocycles. The fourth-order valence-electron chi connectivity index (χ4n) is 3.03. The summed E-state index contributed by atoms with van der Waals surface area (Å²) in [6.07, 6.45) is 2.08. The Kier molecular flexibility index (Phi) is 5.53. The first-order valence-corrected chi connectivity index (χ1v) is 7.99. The lowest BCUT2D eigenvalue weighted by molar-refractivity contribution is -0.141. The van der Waals surface area contributed by atoms with Gasteiger partial charge in [0.15, 0.2) is 5.78 Å². The largest absolute Gasteiger partial charge is 0.481 e. The molecule has 0 aliphatic heterocycles. The molecule has 1 aromatic rings. The zero-order chi connectivity index (χ0) is 17.0. The van der Waals surface area contributed by atoms with Gasteiger partial charge in [-0.3, -0.25) is 14.4 Å². The van der Waals surface area contributed by atoms with Crippen LogP contribution in [0.1, 0.15) is 53.6 Å². The Morgan fingerprint density at radius 1 is 1.17 bits per heavy atom. The van der Waals surface area contributed by atoms with Crippen molar-refractivity contribution in [2.24, 2.45) is 5.92 Å². The molecule has 2 N–H and O–H groups in total. The summed E-state index contributed by atoms with van der Waals surface area (Å²) in [5.74, 6) is -1.38. The molecule has 23 heavy (non-hydrogen) atoms. The number of carboxylic acids is 1. The number of Topliss-reactive ketones (excluding diaryl/α,β-unsaturated/α-hetero) is 1. The van der Waals surface area contributed by atoms with Crippen molar-refractivity contribution in [1.29, 1.82) is 0 Å². The summed E-state index contributed by atoms with van der Waals surface area (Å²) in [5, 5.41) is 11.8. The van der Waals surface area contributed by atoms with Crippen LogP contribution in [0.25, 0.3) is 0 Å². The third-order valence-electron chi connectivity index (χ3n) is 4.42. The van der Waals surface area contributed by atoms with Gasteiger partial charge in [0.2, 0.25) is 5.91 Å². The number of benzene rings is 1. The minimum Gasteiger partial charge on any atom is -0.481 e. The van der Waals surface area contributed by atoms with Crippen molar-refractivity contribution in [1.82, 2.24) is 5.32 Å².